The van der Waals surface area contributed by atoms with E-state index in [2.05, 4.69) is 10.2 Å². The molecule has 38 heavy (non-hydrogen) atoms. The average molecular weight is 550 g/mol. The Hall–Kier alpha value is -4.08. The molecule has 0 atom stereocenters. The first-order valence-corrected chi connectivity index (χ1v) is 13.5. The van der Waals surface area contributed by atoms with Gasteiger partial charge in [0, 0.05) is 23.2 Å². The van der Waals surface area contributed by atoms with Crippen LogP contribution in [0.2, 0.25) is 5.02 Å². The number of benzene rings is 3. The molecule has 5 aromatic rings. The monoisotopic (exact) mass is 549 g/mol. The van der Waals surface area contributed by atoms with E-state index in [1.807, 2.05) is 0 Å². The van der Waals surface area contributed by atoms with Crippen LogP contribution in [0.25, 0.3) is 27.7 Å². The highest BCUT2D eigenvalue weighted by atomic mass is 35.5. The van der Waals surface area contributed by atoms with E-state index in [0.717, 1.165) is 0 Å². The number of pyridine rings is 1. The molecule has 0 bridgehead atoms. The molecule has 7 nitrogen and oxygen atoms in total. The van der Waals surface area contributed by atoms with E-state index in [9.17, 15) is 13.2 Å². The van der Waals surface area contributed by atoms with E-state index >= 15 is 4.39 Å². The largest absolute Gasteiger partial charge is 0.495 e. The highest BCUT2D eigenvalue weighted by Gasteiger charge is 2.19. The van der Waals surface area contributed by atoms with Crippen LogP contribution in [-0.4, -0.2) is 30.3 Å². The van der Waals surface area contributed by atoms with Crippen LogP contribution < -0.4 is 10.3 Å². The zero-order chi connectivity index (χ0) is 27.0. The number of methoxy groups -OCH3 is 1. The normalized spacial score (nSPS) is 11.6. The topological polar surface area (TPSA) is 91.2 Å². The molecule has 0 saturated heterocycles. The van der Waals surface area contributed by atoms with E-state index in [4.69, 9.17) is 16.3 Å². The Balaban J connectivity index is 1.60. The van der Waals surface area contributed by atoms with Crippen LogP contribution in [0.4, 0.5) is 4.39 Å². The molecular weight excluding hydrogens is 529 g/mol. The third-order valence-corrected chi connectivity index (χ3v) is 8.14. The van der Waals surface area contributed by atoms with E-state index in [-0.39, 0.29) is 16.2 Å². The molecule has 0 unspecified atom stereocenters. The maximum Gasteiger partial charge on any atom is 0.255 e. The van der Waals surface area contributed by atoms with Crippen molar-refractivity contribution in [1.82, 2.24) is 14.8 Å². The molecule has 0 saturated carbocycles. The van der Waals surface area contributed by atoms with Crippen molar-refractivity contribution in [3.63, 3.8) is 0 Å². The number of nitrogens with zero attached hydrogens (tertiary/aromatic N) is 3. The van der Waals surface area contributed by atoms with Gasteiger partial charge >= 0.3 is 0 Å². The molecule has 3 aromatic carbocycles. The molecule has 2 aromatic heterocycles. The van der Waals surface area contributed by atoms with Crippen molar-refractivity contribution < 1.29 is 17.5 Å². The summed E-state index contributed by atoms with van der Waals surface area (Å²) >= 11 is 6.11. The molecule has 2 heterocycles. The number of fused-ring (bicyclic) bond motifs is 1. The van der Waals surface area contributed by atoms with E-state index in [1.165, 1.54) is 42.1 Å². The summed E-state index contributed by atoms with van der Waals surface area (Å²) in [5.41, 5.74) is 2.27. The summed E-state index contributed by atoms with van der Waals surface area (Å²) in [5, 5.41) is 8.50. The number of halogens is 2. The number of ether oxygens (including phenoxy) is 1. The molecule has 5 rings (SSSR count). The Morgan fingerprint density at radius 1 is 1.03 bits per heavy atom. The van der Waals surface area contributed by atoms with E-state index in [0.29, 0.717) is 49.7 Å². The number of rotatable bonds is 6. The summed E-state index contributed by atoms with van der Waals surface area (Å²) in [6.45, 7) is 1.77. The third kappa shape index (κ3) is 4.78. The molecule has 0 N–H and O–H groups in total. The molecule has 0 radical (unpaired) electrons. The summed E-state index contributed by atoms with van der Waals surface area (Å²) in [6.07, 6.45) is 1.47. The maximum absolute atomic E-state index is 15.4. The molecular formula is C28H21ClFN3O4S. The van der Waals surface area contributed by atoms with Crippen LogP contribution in [0.1, 0.15) is 11.3 Å². The van der Waals surface area contributed by atoms with Crippen LogP contribution >= 0.6 is 11.6 Å². The first-order chi connectivity index (χ1) is 18.2. The van der Waals surface area contributed by atoms with Gasteiger partial charge in [-0.05, 0) is 78.7 Å². The number of hydrogen-bond donors (Lipinski definition) is 0. The van der Waals surface area contributed by atoms with Gasteiger partial charge in [-0.15, -0.1) is 0 Å². The summed E-state index contributed by atoms with van der Waals surface area (Å²) in [4.78, 5) is 13.1. The molecule has 0 aliphatic rings. The van der Waals surface area contributed by atoms with Crippen LogP contribution in [0, 0.1) is 12.7 Å². The molecule has 0 spiro atoms. The highest BCUT2D eigenvalue weighted by Crippen LogP contribution is 2.34. The average Bonchev–Trinajstić information content (AvgIpc) is 2.90. The lowest BCUT2D eigenvalue weighted by atomic mass is 10.0. The van der Waals surface area contributed by atoms with Crippen molar-refractivity contribution >= 4 is 32.3 Å². The molecule has 192 valence electrons. The second-order valence-corrected chi connectivity index (χ2v) is 11.1. The summed E-state index contributed by atoms with van der Waals surface area (Å²) in [7, 11) is -2.24. The number of hydrogen-bond acceptors (Lipinski definition) is 6. The Morgan fingerprint density at radius 3 is 2.58 bits per heavy atom. The van der Waals surface area contributed by atoms with Gasteiger partial charge < -0.3 is 4.74 Å². The van der Waals surface area contributed by atoms with E-state index < -0.39 is 15.7 Å². The van der Waals surface area contributed by atoms with Gasteiger partial charge in [0.25, 0.3) is 5.56 Å². The van der Waals surface area contributed by atoms with Crippen molar-refractivity contribution in [1.29, 1.82) is 0 Å². The zero-order valence-electron chi connectivity index (χ0n) is 20.4. The second kappa shape index (κ2) is 10.00. The summed E-state index contributed by atoms with van der Waals surface area (Å²) in [5.74, 6) is -0.435. The van der Waals surface area contributed by atoms with Gasteiger partial charge in [-0.1, -0.05) is 17.7 Å². The van der Waals surface area contributed by atoms with Gasteiger partial charge in [0.1, 0.15) is 11.6 Å². The van der Waals surface area contributed by atoms with Gasteiger partial charge in [0.15, 0.2) is 9.84 Å². The minimum absolute atomic E-state index is 0.0794. The van der Waals surface area contributed by atoms with Gasteiger partial charge in [-0.3, -0.25) is 9.36 Å². The van der Waals surface area contributed by atoms with Gasteiger partial charge in [-0.25, -0.2) is 12.8 Å². The second-order valence-electron chi connectivity index (χ2n) is 8.67. The lowest BCUT2D eigenvalue weighted by molar-refractivity contribution is 0.415. The minimum Gasteiger partial charge on any atom is -0.495 e. The molecule has 0 fully saturated rings. The predicted octanol–water partition coefficient (Wildman–Crippen LogP) is 5.53. The van der Waals surface area contributed by atoms with Gasteiger partial charge in [0.2, 0.25) is 0 Å². The Morgan fingerprint density at radius 2 is 1.84 bits per heavy atom. The Labute approximate surface area is 223 Å². The molecule has 0 amide bonds. The van der Waals surface area contributed by atoms with E-state index in [1.54, 1.807) is 55.5 Å². The predicted molar refractivity (Wildman–Crippen MR) is 144 cm³/mol. The fourth-order valence-corrected chi connectivity index (χ4v) is 5.80. The summed E-state index contributed by atoms with van der Waals surface area (Å²) < 4.78 is 48.0. The smallest absolute Gasteiger partial charge is 0.255 e. The fourth-order valence-electron chi connectivity index (χ4n) is 4.31. The third-order valence-electron chi connectivity index (χ3n) is 6.18. The maximum atomic E-state index is 15.4. The van der Waals surface area contributed by atoms with Crippen molar-refractivity contribution in [2.45, 2.75) is 17.6 Å². The van der Waals surface area contributed by atoms with Crippen LogP contribution in [0.15, 0.2) is 88.7 Å². The standard InChI is InChI=1S/C28H21ClFN3O4S/c1-17-12-22(18-5-8-23(29)27(14-18)37-2)24(30)15-26(17)33-25-9-7-21(13-19(25)6-10-28(33)34)38(35,36)16-20-4-3-11-31-32-20/h3-15H,16H2,1-2H3. The van der Waals surface area contributed by atoms with Gasteiger partial charge in [0.05, 0.1) is 39.7 Å². The first-order valence-electron chi connectivity index (χ1n) is 11.5. The zero-order valence-corrected chi connectivity index (χ0v) is 21.9. The molecule has 0 aliphatic heterocycles. The lowest BCUT2D eigenvalue weighted by Gasteiger charge is -2.16. The SMILES string of the molecule is COc1cc(-c2cc(C)c(-n3c(=O)ccc4cc(S(=O)(=O)Cc5cccnn5)ccc43)cc2F)ccc1Cl. The lowest BCUT2D eigenvalue weighted by Crippen LogP contribution is -2.19. The van der Waals surface area contributed by atoms with Crippen LogP contribution in [-0.2, 0) is 15.6 Å². The van der Waals surface area contributed by atoms with Crippen molar-refractivity contribution in [2.75, 3.05) is 7.11 Å². The Bertz CT molecular complexity index is 1860. The van der Waals surface area contributed by atoms with Crippen LogP contribution in [0.3, 0.4) is 0 Å². The first kappa shape index (κ1) is 25.6. The van der Waals surface area contributed by atoms with Crippen molar-refractivity contribution in [2.24, 2.45) is 0 Å². The number of aryl methyl sites for hydroxylation is 1. The van der Waals surface area contributed by atoms with Gasteiger partial charge in [-0.2, -0.15) is 10.2 Å². The fraction of sp³-hybridized carbons (Fsp3) is 0.107. The Kier molecular flexibility index (Phi) is 6.73. The number of sulfone groups is 1. The summed E-state index contributed by atoms with van der Waals surface area (Å²) in [6, 6.07) is 18.5. The van der Waals surface area contributed by atoms with Crippen LogP contribution in [0.5, 0.6) is 5.75 Å². The highest BCUT2D eigenvalue weighted by molar-refractivity contribution is 7.90. The molecule has 0 aliphatic carbocycles. The minimum atomic E-state index is -3.72. The number of aromatic nitrogens is 3. The molecule has 10 heteroatoms. The van der Waals surface area contributed by atoms with Crippen molar-refractivity contribution in [3.05, 3.63) is 111 Å². The van der Waals surface area contributed by atoms with Crippen molar-refractivity contribution in [3.8, 4) is 22.6 Å². The quantitative estimate of drug-likeness (QED) is 0.276.